The van der Waals surface area contributed by atoms with Crippen LogP contribution in [0.5, 0.6) is 5.75 Å². The van der Waals surface area contributed by atoms with Gasteiger partial charge >= 0.3 is 0 Å². The average molecular weight is 420 g/mol. The Morgan fingerprint density at radius 1 is 1.13 bits per heavy atom. The van der Waals surface area contributed by atoms with E-state index in [0.29, 0.717) is 25.2 Å². The van der Waals surface area contributed by atoms with E-state index in [1.54, 1.807) is 6.07 Å². The molecule has 3 aliphatic heterocycles. The first kappa shape index (κ1) is 21.6. The molecule has 0 spiro atoms. The van der Waals surface area contributed by atoms with Crippen molar-refractivity contribution in [2.75, 3.05) is 32.7 Å². The topological polar surface area (TPSA) is 47.0 Å². The highest BCUT2D eigenvalue weighted by molar-refractivity contribution is 5.94. The second-order valence-electron chi connectivity index (χ2n) is 8.58. The normalized spacial score (nSPS) is 21.9. The van der Waals surface area contributed by atoms with Gasteiger partial charge in [-0.3, -0.25) is 14.6 Å². The number of carbonyl (C=O) groups excluding carboxylic acids is 1. The largest absolute Gasteiger partial charge is 0.508 e. The van der Waals surface area contributed by atoms with Crippen LogP contribution in [0.4, 0.5) is 0 Å². The minimum atomic E-state index is 0.0564. The fraction of sp³-hybridized carbons (Fsp3) is 0.423. The molecule has 0 saturated carbocycles. The van der Waals surface area contributed by atoms with Crippen LogP contribution in [0.25, 0.3) is 0 Å². The molecule has 164 valence electrons. The van der Waals surface area contributed by atoms with Crippen LogP contribution >= 0.6 is 0 Å². The van der Waals surface area contributed by atoms with Crippen molar-refractivity contribution in [2.45, 2.75) is 38.4 Å². The number of phenols is 1. The third kappa shape index (κ3) is 4.25. The number of piperidine rings is 1. The van der Waals surface area contributed by atoms with E-state index >= 15 is 0 Å². The Kier molecular flexibility index (Phi) is 6.44. The lowest BCUT2D eigenvalue weighted by Crippen LogP contribution is -2.68. The Morgan fingerprint density at radius 2 is 1.81 bits per heavy atom. The van der Waals surface area contributed by atoms with Gasteiger partial charge in [-0.25, -0.2) is 0 Å². The Hall–Kier alpha value is -2.63. The van der Waals surface area contributed by atoms with Gasteiger partial charge in [-0.2, -0.15) is 0 Å². The Labute approximate surface area is 185 Å². The number of carbonyl (C=O) groups is 1. The van der Waals surface area contributed by atoms with Crippen LogP contribution in [0.1, 0.15) is 47.8 Å². The Bertz CT molecular complexity index is 911. The number of rotatable bonds is 8. The summed E-state index contributed by atoms with van der Waals surface area (Å²) in [7, 11) is 0. The molecule has 0 aromatic heterocycles. The van der Waals surface area contributed by atoms with E-state index in [0.717, 1.165) is 36.3 Å². The number of hydrogen-bond acceptors (Lipinski definition) is 4. The number of phenolic OH excluding ortho intramolecular Hbond substituents is 1. The van der Waals surface area contributed by atoms with Crippen molar-refractivity contribution in [3.8, 4) is 5.75 Å². The molecule has 1 amide bonds. The van der Waals surface area contributed by atoms with Gasteiger partial charge in [0, 0.05) is 50.4 Å². The molecule has 3 fully saturated rings. The standard InChI is InChI=1S/C26H33N3O2/c1-4-14-29-22-16-23(29)18-28(17-22)25(21-8-7-9-24(30)15-21)19-10-12-20(13-11-19)26(31)27(5-2)6-3/h4,7-13,15,22-23,25,30H,1,5-6,14,16-18H2,2-3H3. The van der Waals surface area contributed by atoms with E-state index in [1.807, 2.05) is 49.1 Å². The molecule has 2 aromatic rings. The molecule has 3 aliphatic rings. The van der Waals surface area contributed by atoms with Crippen molar-refractivity contribution < 1.29 is 9.90 Å². The van der Waals surface area contributed by atoms with E-state index in [9.17, 15) is 9.90 Å². The maximum Gasteiger partial charge on any atom is 0.253 e. The summed E-state index contributed by atoms with van der Waals surface area (Å²) < 4.78 is 0. The van der Waals surface area contributed by atoms with Crippen LogP contribution in [-0.2, 0) is 0 Å². The number of piperazine rings is 1. The van der Waals surface area contributed by atoms with E-state index in [-0.39, 0.29) is 17.7 Å². The van der Waals surface area contributed by atoms with Gasteiger partial charge in [0.15, 0.2) is 0 Å². The highest BCUT2D eigenvalue weighted by Gasteiger charge is 2.45. The van der Waals surface area contributed by atoms with Gasteiger partial charge in [-0.1, -0.05) is 30.3 Å². The maximum atomic E-state index is 12.7. The number of aromatic hydroxyl groups is 1. The van der Waals surface area contributed by atoms with Crippen molar-refractivity contribution >= 4 is 5.91 Å². The lowest BCUT2D eigenvalue weighted by atomic mass is 9.84. The molecule has 3 heterocycles. The Balaban J connectivity index is 1.61. The Morgan fingerprint density at radius 3 is 2.39 bits per heavy atom. The summed E-state index contributed by atoms with van der Waals surface area (Å²) in [5.74, 6) is 0.357. The zero-order chi connectivity index (χ0) is 22.0. The first-order valence-electron chi connectivity index (χ1n) is 11.3. The zero-order valence-corrected chi connectivity index (χ0v) is 18.6. The number of hydrogen-bond donors (Lipinski definition) is 1. The minimum absolute atomic E-state index is 0.0564. The highest BCUT2D eigenvalue weighted by atomic mass is 16.3. The first-order chi connectivity index (χ1) is 15.0. The molecule has 5 rings (SSSR count). The molecule has 31 heavy (non-hydrogen) atoms. The molecule has 5 nitrogen and oxygen atoms in total. The smallest absolute Gasteiger partial charge is 0.253 e. The molecule has 2 aromatic carbocycles. The van der Waals surface area contributed by atoms with Gasteiger partial charge in [-0.05, 0) is 55.7 Å². The van der Waals surface area contributed by atoms with Crippen LogP contribution in [-0.4, -0.2) is 70.5 Å². The second-order valence-corrected chi connectivity index (χ2v) is 8.58. The molecular formula is C26H33N3O2. The molecule has 3 saturated heterocycles. The number of benzene rings is 2. The third-order valence-electron chi connectivity index (χ3n) is 6.79. The van der Waals surface area contributed by atoms with Crippen molar-refractivity contribution in [3.63, 3.8) is 0 Å². The van der Waals surface area contributed by atoms with Crippen molar-refractivity contribution in [2.24, 2.45) is 0 Å². The van der Waals surface area contributed by atoms with Crippen LogP contribution in [0, 0.1) is 0 Å². The summed E-state index contributed by atoms with van der Waals surface area (Å²) in [5, 5.41) is 10.1. The average Bonchev–Trinajstić information content (AvgIpc) is 2.79. The number of nitrogens with zero attached hydrogens (tertiary/aromatic N) is 3. The molecule has 3 atom stereocenters. The maximum absolute atomic E-state index is 12.7. The summed E-state index contributed by atoms with van der Waals surface area (Å²) in [6.45, 7) is 12.3. The van der Waals surface area contributed by atoms with Crippen LogP contribution < -0.4 is 0 Å². The van der Waals surface area contributed by atoms with Crippen LogP contribution in [0.15, 0.2) is 61.2 Å². The molecule has 1 N–H and O–H groups in total. The zero-order valence-electron chi connectivity index (χ0n) is 18.6. The summed E-state index contributed by atoms with van der Waals surface area (Å²) >= 11 is 0. The predicted octanol–water partition coefficient (Wildman–Crippen LogP) is 3.91. The van der Waals surface area contributed by atoms with Gasteiger partial charge in [0.05, 0.1) is 6.04 Å². The van der Waals surface area contributed by atoms with Gasteiger partial charge in [0.2, 0.25) is 0 Å². The van der Waals surface area contributed by atoms with Gasteiger partial charge < -0.3 is 10.0 Å². The molecule has 3 unspecified atom stereocenters. The summed E-state index contributed by atoms with van der Waals surface area (Å²) in [6, 6.07) is 16.8. The van der Waals surface area contributed by atoms with Crippen molar-refractivity contribution in [1.82, 2.24) is 14.7 Å². The molecule has 0 radical (unpaired) electrons. The van der Waals surface area contributed by atoms with E-state index in [2.05, 4.69) is 34.6 Å². The number of fused-ring (bicyclic) bond motifs is 2. The fourth-order valence-electron chi connectivity index (χ4n) is 5.19. The SMILES string of the molecule is C=CCN1C2CC1CN(C(c1ccc(C(=O)N(CC)CC)cc1)c1cccc(O)c1)C2. The predicted molar refractivity (Wildman–Crippen MR) is 124 cm³/mol. The lowest BCUT2D eigenvalue weighted by Gasteiger charge is -2.57. The summed E-state index contributed by atoms with van der Waals surface area (Å²) in [6.07, 6.45) is 3.24. The van der Waals surface area contributed by atoms with Gasteiger partial charge in [0.1, 0.15) is 5.75 Å². The molecule has 0 aliphatic carbocycles. The van der Waals surface area contributed by atoms with E-state index < -0.39 is 0 Å². The van der Waals surface area contributed by atoms with E-state index in [1.165, 1.54) is 6.42 Å². The monoisotopic (exact) mass is 419 g/mol. The molecular weight excluding hydrogens is 386 g/mol. The summed E-state index contributed by atoms with van der Waals surface area (Å²) in [4.78, 5) is 19.6. The van der Waals surface area contributed by atoms with Gasteiger partial charge in [0.25, 0.3) is 5.91 Å². The first-order valence-corrected chi connectivity index (χ1v) is 11.3. The van der Waals surface area contributed by atoms with Crippen LogP contribution in [0.3, 0.4) is 0 Å². The quantitative estimate of drug-likeness (QED) is 0.659. The highest BCUT2D eigenvalue weighted by Crippen LogP contribution is 2.39. The van der Waals surface area contributed by atoms with Crippen LogP contribution in [0.2, 0.25) is 0 Å². The van der Waals surface area contributed by atoms with Crippen molar-refractivity contribution in [1.29, 1.82) is 0 Å². The second kappa shape index (κ2) is 9.25. The summed E-state index contributed by atoms with van der Waals surface area (Å²) in [5.41, 5.74) is 2.96. The van der Waals surface area contributed by atoms with Crippen molar-refractivity contribution in [3.05, 3.63) is 77.9 Å². The molecule has 2 bridgehead atoms. The third-order valence-corrected chi connectivity index (χ3v) is 6.79. The van der Waals surface area contributed by atoms with Gasteiger partial charge in [-0.15, -0.1) is 6.58 Å². The minimum Gasteiger partial charge on any atom is -0.508 e. The lowest BCUT2D eigenvalue weighted by molar-refractivity contribution is -0.0706. The fourth-order valence-corrected chi connectivity index (χ4v) is 5.19. The molecule has 5 heteroatoms. The van der Waals surface area contributed by atoms with E-state index in [4.69, 9.17) is 0 Å². The number of amides is 1.